The first-order chi connectivity index (χ1) is 6.77. The van der Waals surface area contributed by atoms with E-state index >= 15 is 0 Å². The fourth-order valence-electron chi connectivity index (χ4n) is 1.33. The van der Waals surface area contributed by atoms with Crippen molar-refractivity contribution in [2.75, 3.05) is 13.2 Å². The van der Waals surface area contributed by atoms with Crippen molar-refractivity contribution < 1.29 is 4.74 Å². The maximum Gasteiger partial charge on any atom is 0.0480 e. The third-order valence-corrected chi connectivity index (χ3v) is 2.52. The SMILES string of the molecule is CCCCCCCCOCCC(C)Cl. The fourth-order valence-corrected chi connectivity index (χ4v) is 1.42. The summed E-state index contributed by atoms with van der Waals surface area (Å²) in [5.74, 6) is 0. The maximum absolute atomic E-state index is 5.80. The van der Waals surface area contributed by atoms with Gasteiger partial charge in [0.05, 0.1) is 0 Å². The van der Waals surface area contributed by atoms with Crippen molar-refractivity contribution in [3.05, 3.63) is 0 Å². The quantitative estimate of drug-likeness (QED) is 0.392. The summed E-state index contributed by atoms with van der Waals surface area (Å²) in [5.41, 5.74) is 0. The van der Waals surface area contributed by atoms with Crippen LogP contribution >= 0.6 is 11.6 Å². The molecule has 1 unspecified atom stereocenters. The highest BCUT2D eigenvalue weighted by Gasteiger charge is 1.95. The van der Waals surface area contributed by atoms with Gasteiger partial charge < -0.3 is 4.74 Å². The molecule has 0 heterocycles. The highest BCUT2D eigenvalue weighted by molar-refractivity contribution is 6.20. The van der Waals surface area contributed by atoms with Gasteiger partial charge in [-0.25, -0.2) is 0 Å². The Morgan fingerprint density at radius 2 is 1.64 bits per heavy atom. The Hall–Kier alpha value is 0.250. The van der Waals surface area contributed by atoms with E-state index in [1.54, 1.807) is 0 Å². The molecule has 0 N–H and O–H groups in total. The molecular weight excluding hydrogens is 196 g/mol. The van der Waals surface area contributed by atoms with Gasteiger partial charge in [0.1, 0.15) is 0 Å². The highest BCUT2D eigenvalue weighted by Crippen LogP contribution is 2.05. The maximum atomic E-state index is 5.80. The zero-order chi connectivity index (χ0) is 10.6. The average molecular weight is 221 g/mol. The Kier molecular flexibility index (Phi) is 11.5. The van der Waals surface area contributed by atoms with Crippen LogP contribution in [0.25, 0.3) is 0 Å². The Labute approximate surface area is 94.2 Å². The lowest BCUT2D eigenvalue weighted by Gasteiger charge is -2.05. The first-order valence-electron chi connectivity index (χ1n) is 5.99. The number of halogens is 1. The summed E-state index contributed by atoms with van der Waals surface area (Å²) in [6.45, 7) is 5.99. The summed E-state index contributed by atoms with van der Waals surface area (Å²) in [7, 11) is 0. The van der Waals surface area contributed by atoms with Crippen molar-refractivity contribution in [3.63, 3.8) is 0 Å². The van der Waals surface area contributed by atoms with E-state index < -0.39 is 0 Å². The van der Waals surface area contributed by atoms with Crippen LogP contribution in [0.4, 0.5) is 0 Å². The summed E-state index contributed by atoms with van der Waals surface area (Å²) in [4.78, 5) is 0. The van der Waals surface area contributed by atoms with Crippen LogP contribution < -0.4 is 0 Å². The highest BCUT2D eigenvalue weighted by atomic mass is 35.5. The molecule has 1 atom stereocenters. The number of ether oxygens (including phenoxy) is 1. The van der Waals surface area contributed by atoms with E-state index in [1.165, 1.54) is 38.5 Å². The Balaban J connectivity index is 2.85. The van der Waals surface area contributed by atoms with Crippen LogP contribution in [0.3, 0.4) is 0 Å². The lowest BCUT2D eigenvalue weighted by molar-refractivity contribution is 0.127. The van der Waals surface area contributed by atoms with Crippen LogP contribution in [0, 0.1) is 0 Å². The summed E-state index contributed by atoms with van der Waals surface area (Å²) in [6, 6.07) is 0. The van der Waals surface area contributed by atoms with Gasteiger partial charge in [-0.1, -0.05) is 39.0 Å². The van der Waals surface area contributed by atoms with Crippen molar-refractivity contribution in [3.8, 4) is 0 Å². The van der Waals surface area contributed by atoms with E-state index in [9.17, 15) is 0 Å². The number of hydrogen-bond donors (Lipinski definition) is 0. The van der Waals surface area contributed by atoms with E-state index in [1.807, 2.05) is 6.92 Å². The fraction of sp³-hybridized carbons (Fsp3) is 1.00. The zero-order valence-electron chi connectivity index (χ0n) is 9.73. The van der Waals surface area contributed by atoms with Crippen molar-refractivity contribution in [1.29, 1.82) is 0 Å². The molecular formula is C12H25ClO. The number of unbranched alkanes of at least 4 members (excludes halogenated alkanes) is 5. The van der Waals surface area contributed by atoms with Crippen LogP contribution in [0.2, 0.25) is 0 Å². The number of hydrogen-bond acceptors (Lipinski definition) is 1. The van der Waals surface area contributed by atoms with Gasteiger partial charge >= 0.3 is 0 Å². The molecule has 0 saturated heterocycles. The standard InChI is InChI=1S/C12H25ClO/c1-3-4-5-6-7-8-10-14-11-9-12(2)13/h12H,3-11H2,1-2H3. The van der Waals surface area contributed by atoms with Crippen LogP contribution in [-0.2, 0) is 4.74 Å². The third-order valence-electron chi connectivity index (χ3n) is 2.30. The molecule has 0 bridgehead atoms. The van der Waals surface area contributed by atoms with E-state index in [-0.39, 0.29) is 5.38 Å². The average Bonchev–Trinajstić information content (AvgIpc) is 2.15. The van der Waals surface area contributed by atoms with Crippen LogP contribution in [0.5, 0.6) is 0 Å². The van der Waals surface area contributed by atoms with Gasteiger partial charge in [-0.3, -0.25) is 0 Å². The van der Waals surface area contributed by atoms with Gasteiger partial charge in [0, 0.05) is 18.6 Å². The second kappa shape index (κ2) is 11.3. The van der Waals surface area contributed by atoms with E-state index in [4.69, 9.17) is 16.3 Å². The minimum absolute atomic E-state index is 0.250. The van der Waals surface area contributed by atoms with Crippen LogP contribution in [-0.4, -0.2) is 18.6 Å². The third kappa shape index (κ3) is 12.2. The molecule has 2 heteroatoms. The largest absolute Gasteiger partial charge is 0.381 e. The topological polar surface area (TPSA) is 9.23 Å². The van der Waals surface area contributed by atoms with Crippen molar-refractivity contribution in [2.45, 2.75) is 64.2 Å². The molecule has 1 nitrogen and oxygen atoms in total. The molecule has 0 aromatic carbocycles. The van der Waals surface area contributed by atoms with Gasteiger partial charge in [0.25, 0.3) is 0 Å². The van der Waals surface area contributed by atoms with Crippen LogP contribution in [0.15, 0.2) is 0 Å². The predicted octanol–water partition coefficient (Wildman–Crippen LogP) is 4.38. The number of alkyl halides is 1. The number of rotatable bonds is 10. The van der Waals surface area contributed by atoms with Crippen LogP contribution in [0.1, 0.15) is 58.8 Å². The Morgan fingerprint density at radius 1 is 1.00 bits per heavy atom. The second-order valence-corrected chi connectivity index (χ2v) is 4.69. The minimum Gasteiger partial charge on any atom is -0.381 e. The monoisotopic (exact) mass is 220 g/mol. The van der Waals surface area contributed by atoms with Gasteiger partial charge in [-0.05, 0) is 19.8 Å². The molecule has 0 aromatic heterocycles. The van der Waals surface area contributed by atoms with Crippen molar-refractivity contribution in [2.24, 2.45) is 0 Å². The Bertz CT molecular complexity index is 104. The lowest BCUT2D eigenvalue weighted by atomic mass is 10.1. The molecule has 0 rings (SSSR count). The molecule has 0 saturated carbocycles. The normalized spacial score (nSPS) is 13.1. The summed E-state index contributed by atoms with van der Waals surface area (Å²) in [5, 5.41) is 0.250. The smallest absolute Gasteiger partial charge is 0.0480 e. The zero-order valence-corrected chi connectivity index (χ0v) is 10.5. The minimum atomic E-state index is 0.250. The van der Waals surface area contributed by atoms with E-state index in [0.29, 0.717) is 0 Å². The molecule has 0 amide bonds. The van der Waals surface area contributed by atoms with E-state index in [2.05, 4.69) is 6.92 Å². The summed E-state index contributed by atoms with van der Waals surface area (Å²) < 4.78 is 5.47. The van der Waals surface area contributed by atoms with Crippen molar-refractivity contribution in [1.82, 2.24) is 0 Å². The summed E-state index contributed by atoms with van der Waals surface area (Å²) in [6.07, 6.45) is 8.95. The molecule has 0 spiro atoms. The molecule has 86 valence electrons. The Morgan fingerprint density at radius 3 is 2.29 bits per heavy atom. The lowest BCUT2D eigenvalue weighted by Crippen LogP contribution is -2.01. The van der Waals surface area contributed by atoms with Gasteiger partial charge in [-0.2, -0.15) is 0 Å². The molecule has 0 aliphatic heterocycles. The first-order valence-corrected chi connectivity index (χ1v) is 6.42. The van der Waals surface area contributed by atoms with Crippen molar-refractivity contribution >= 4 is 11.6 Å². The second-order valence-electron chi connectivity index (χ2n) is 3.95. The molecule has 0 aliphatic carbocycles. The predicted molar refractivity (Wildman–Crippen MR) is 64.1 cm³/mol. The van der Waals surface area contributed by atoms with Gasteiger partial charge in [0.15, 0.2) is 0 Å². The molecule has 14 heavy (non-hydrogen) atoms. The van der Waals surface area contributed by atoms with Gasteiger partial charge in [0.2, 0.25) is 0 Å². The molecule has 0 fully saturated rings. The first kappa shape index (κ1) is 14.2. The van der Waals surface area contributed by atoms with Gasteiger partial charge in [-0.15, -0.1) is 11.6 Å². The molecule has 0 aromatic rings. The molecule has 0 radical (unpaired) electrons. The molecule has 0 aliphatic rings. The van der Waals surface area contributed by atoms with E-state index in [0.717, 1.165) is 19.6 Å². The summed E-state index contributed by atoms with van der Waals surface area (Å²) >= 11 is 5.80.